The van der Waals surface area contributed by atoms with Gasteiger partial charge in [0.15, 0.2) is 17.6 Å². The second-order valence-electron chi connectivity index (χ2n) is 6.23. The number of carbonyl (C=O) groups excluding carboxylic acids is 1. The Balaban J connectivity index is 1.94. The maximum atomic E-state index is 12.6. The van der Waals surface area contributed by atoms with Crippen LogP contribution in [-0.2, 0) is 9.53 Å². The third kappa shape index (κ3) is 4.34. The van der Waals surface area contributed by atoms with E-state index in [-0.39, 0.29) is 6.61 Å². The standard InChI is InChI=1S/C22H22O7/c1-5-27-21(23)13(2)28-16-8-6-15-10-17(22(24)29-19(15)12-16)14-7-9-18(25-3)20(11-14)26-4/h6-13H,5H2,1-4H3/t13-/m0/s1. The van der Waals surface area contributed by atoms with Gasteiger partial charge in [0.2, 0.25) is 0 Å². The molecule has 0 spiro atoms. The minimum atomic E-state index is -0.773. The first kappa shape index (κ1) is 20.3. The lowest BCUT2D eigenvalue weighted by Gasteiger charge is -2.13. The zero-order valence-electron chi connectivity index (χ0n) is 16.7. The number of esters is 1. The molecule has 7 heteroatoms. The summed E-state index contributed by atoms with van der Waals surface area (Å²) in [5, 5.41) is 0.713. The van der Waals surface area contributed by atoms with Gasteiger partial charge in [0.1, 0.15) is 11.3 Å². The average molecular weight is 398 g/mol. The maximum Gasteiger partial charge on any atom is 0.347 e. The molecular weight excluding hydrogens is 376 g/mol. The molecule has 2 aromatic carbocycles. The zero-order chi connectivity index (χ0) is 21.0. The highest BCUT2D eigenvalue weighted by atomic mass is 16.6. The Labute approximate surface area is 167 Å². The van der Waals surface area contributed by atoms with Crippen molar-refractivity contribution in [3.8, 4) is 28.4 Å². The Hall–Kier alpha value is -3.48. The van der Waals surface area contributed by atoms with E-state index in [9.17, 15) is 9.59 Å². The topological polar surface area (TPSA) is 84.2 Å². The molecule has 0 saturated carbocycles. The van der Waals surface area contributed by atoms with E-state index >= 15 is 0 Å². The average Bonchev–Trinajstić information content (AvgIpc) is 2.72. The number of rotatable bonds is 7. The minimum Gasteiger partial charge on any atom is -0.493 e. The molecule has 0 unspecified atom stereocenters. The molecule has 0 N–H and O–H groups in total. The van der Waals surface area contributed by atoms with Gasteiger partial charge in [-0.1, -0.05) is 6.07 Å². The fraction of sp³-hybridized carbons (Fsp3) is 0.273. The molecular formula is C22H22O7. The second-order valence-corrected chi connectivity index (χ2v) is 6.23. The van der Waals surface area contributed by atoms with Gasteiger partial charge in [-0.15, -0.1) is 0 Å². The lowest BCUT2D eigenvalue weighted by atomic mass is 10.1. The summed E-state index contributed by atoms with van der Waals surface area (Å²) in [4.78, 5) is 24.3. The van der Waals surface area contributed by atoms with Crippen LogP contribution >= 0.6 is 0 Å². The van der Waals surface area contributed by atoms with Gasteiger partial charge in [-0.2, -0.15) is 0 Å². The summed E-state index contributed by atoms with van der Waals surface area (Å²) in [6.45, 7) is 3.60. The molecule has 0 bridgehead atoms. The highest BCUT2D eigenvalue weighted by Gasteiger charge is 2.17. The molecule has 3 rings (SSSR count). The summed E-state index contributed by atoms with van der Waals surface area (Å²) in [5.41, 5.74) is 0.898. The third-order valence-electron chi connectivity index (χ3n) is 4.33. The van der Waals surface area contributed by atoms with Gasteiger partial charge >= 0.3 is 11.6 Å². The number of carbonyl (C=O) groups is 1. The summed E-state index contributed by atoms with van der Waals surface area (Å²) < 4.78 is 26.5. The normalized spacial score (nSPS) is 11.7. The van der Waals surface area contributed by atoms with Gasteiger partial charge < -0.3 is 23.4 Å². The van der Waals surface area contributed by atoms with Crippen molar-refractivity contribution in [1.29, 1.82) is 0 Å². The van der Waals surface area contributed by atoms with Crippen LogP contribution < -0.4 is 19.8 Å². The number of fused-ring (bicyclic) bond motifs is 1. The molecule has 0 radical (unpaired) electrons. The summed E-state index contributed by atoms with van der Waals surface area (Å²) in [6, 6.07) is 12.0. The van der Waals surface area contributed by atoms with Gasteiger partial charge in [-0.3, -0.25) is 0 Å². The fourth-order valence-corrected chi connectivity index (χ4v) is 2.88. The molecule has 0 aliphatic heterocycles. The summed E-state index contributed by atoms with van der Waals surface area (Å²) in [5.74, 6) is 1.03. The Morgan fingerprint density at radius 1 is 1.03 bits per heavy atom. The highest BCUT2D eigenvalue weighted by Crippen LogP contribution is 2.32. The molecule has 3 aromatic rings. The van der Waals surface area contributed by atoms with Crippen LogP contribution in [0.15, 0.2) is 51.7 Å². The van der Waals surface area contributed by atoms with Crippen molar-refractivity contribution < 1.29 is 28.2 Å². The molecule has 0 fully saturated rings. The van der Waals surface area contributed by atoms with Crippen molar-refractivity contribution in [2.75, 3.05) is 20.8 Å². The second kappa shape index (κ2) is 8.68. The monoisotopic (exact) mass is 398 g/mol. The van der Waals surface area contributed by atoms with E-state index in [1.165, 1.54) is 7.11 Å². The molecule has 1 aromatic heterocycles. The highest BCUT2D eigenvalue weighted by molar-refractivity contribution is 5.83. The fourth-order valence-electron chi connectivity index (χ4n) is 2.88. The van der Waals surface area contributed by atoms with Crippen LogP contribution in [0, 0.1) is 0 Å². The first-order valence-corrected chi connectivity index (χ1v) is 9.10. The predicted molar refractivity (Wildman–Crippen MR) is 108 cm³/mol. The van der Waals surface area contributed by atoms with Crippen LogP contribution in [-0.4, -0.2) is 32.9 Å². The van der Waals surface area contributed by atoms with Gasteiger partial charge in [0.25, 0.3) is 0 Å². The Morgan fingerprint density at radius 2 is 1.79 bits per heavy atom. The van der Waals surface area contributed by atoms with E-state index in [1.807, 2.05) is 0 Å². The molecule has 152 valence electrons. The lowest BCUT2D eigenvalue weighted by molar-refractivity contribution is -0.150. The third-order valence-corrected chi connectivity index (χ3v) is 4.33. The smallest absolute Gasteiger partial charge is 0.347 e. The van der Waals surface area contributed by atoms with E-state index in [2.05, 4.69) is 0 Å². The summed E-state index contributed by atoms with van der Waals surface area (Å²) >= 11 is 0. The molecule has 1 atom stereocenters. The maximum absolute atomic E-state index is 12.6. The quantitative estimate of drug-likeness (QED) is 0.442. The molecule has 0 aliphatic rings. The zero-order valence-corrected chi connectivity index (χ0v) is 16.7. The largest absolute Gasteiger partial charge is 0.493 e. The van der Waals surface area contributed by atoms with Crippen molar-refractivity contribution >= 4 is 16.9 Å². The number of methoxy groups -OCH3 is 2. The first-order chi connectivity index (χ1) is 14.0. The van der Waals surface area contributed by atoms with Gasteiger partial charge in [-0.25, -0.2) is 9.59 Å². The van der Waals surface area contributed by atoms with Gasteiger partial charge in [0, 0.05) is 11.5 Å². The van der Waals surface area contributed by atoms with Crippen molar-refractivity contribution in [3.05, 3.63) is 52.9 Å². The predicted octanol–water partition coefficient (Wildman–Crippen LogP) is 3.81. The lowest BCUT2D eigenvalue weighted by Crippen LogP contribution is -2.26. The van der Waals surface area contributed by atoms with E-state index in [0.29, 0.717) is 39.3 Å². The SMILES string of the molecule is CCOC(=O)[C@H](C)Oc1ccc2cc(-c3ccc(OC)c(OC)c3)c(=O)oc2c1. The van der Waals surface area contributed by atoms with Crippen LogP contribution in [0.3, 0.4) is 0 Å². The number of hydrogen-bond acceptors (Lipinski definition) is 7. The minimum absolute atomic E-state index is 0.276. The molecule has 29 heavy (non-hydrogen) atoms. The molecule has 0 amide bonds. The Kier molecular flexibility index (Phi) is 6.07. The van der Waals surface area contributed by atoms with Crippen LogP contribution in [0.5, 0.6) is 17.2 Å². The first-order valence-electron chi connectivity index (χ1n) is 9.10. The van der Waals surface area contributed by atoms with Crippen molar-refractivity contribution in [2.24, 2.45) is 0 Å². The number of hydrogen-bond donors (Lipinski definition) is 0. The summed E-state index contributed by atoms with van der Waals surface area (Å²) in [7, 11) is 3.08. The van der Waals surface area contributed by atoms with Gasteiger partial charge in [-0.05, 0) is 49.7 Å². The van der Waals surface area contributed by atoms with Gasteiger partial charge in [0.05, 0.1) is 26.4 Å². The number of ether oxygens (including phenoxy) is 4. The van der Waals surface area contributed by atoms with Crippen LogP contribution in [0.2, 0.25) is 0 Å². The van der Waals surface area contributed by atoms with Crippen LogP contribution in [0.4, 0.5) is 0 Å². The van der Waals surface area contributed by atoms with E-state index in [0.717, 1.165) is 0 Å². The Bertz CT molecular complexity index is 1080. The van der Waals surface area contributed by atoms with Crippen molar-refractivity contribution in [1.82, 2.24) is 0 Å². The van der Waals surface area contributed by atoms with E-state index in [4.69, 9.17) is 23.4 Å². The van der Waals surface area contributed by atoms with Crippen LogP contribution in [0.25, 0.3) is 22.1 Å². The number of benzene rings is 2. The Morgan fingerprint density at radius 3 is 2.48 bits per heavy atom. The van der Waals surface area contributed by atoms with Crippen molar-refractivity contribution in [3.63, 3.8) is 0 Å². The molecule has 7 nitrogen and oxygen atoms in total. The molecule has 0 saturated heterocycles. The van der Waals surface area contributed by atoms with Crippen molar-refractivity contribution in [2.45, 2.75) is 20.0 Å². The van der Waals surface area contributed by atoms with E-state index in [1.54, 1.807) is 63.4 Å². The molecule has 1 heterocycles. The summed E-state index contributed by atoms with van der Waals surface area (Å²) in [6.07, 6.45) is -0.773. The van der Waals surface area contributed by atoms with E-state index < -0.39 is 17.7 Å². The van der Waals surface area contributed by atoms with Crippen LogP contribution in [0.1, 0.15) is 13.8 Å². The molecule has 0 aliphatic carbocycles.